The van der Waals surface area contributed by atoms with Gasteiger partial charge in [0.1, 0.15) is 5.75 Å². The molecule has 1 N–H and O–H groups in total. The van der Waals surface area contributed by atoms with E-state index in [-0.39, 0.29) is 11.5 Å². The van der Waals surface area contributed by atoms with Gasteiger partial charge in [-0.3, -0.25) is 0 Å². The Kier molecular flexibility index (Phi) is 5.02. The summed E-state index contributed by atoms with van der Waals surface area (Å²) in [7, 11) is 1.66. The van der Waals surface area contributed by atoms with Crippen molar-refractivity contribution in [3.8, 4) is 5.75 Å². The first-order valence-corrected chi connectivity index (χ1v) is 6.70. The van der Waals surface area contributed by atoms with Crippen molar-refractivity contribution in [1.29, 1.82) is 0 Å². The number of benzene rings is 1. The highest BCUT2D eigenvalue weighted by Crippen LogP contribution is 2.31. The van der Waals surface area contributed by atoms with Crippen molar-refractivity contribution in [2.75, 3.05) is 7.11 Å². The lowest BCUT2D eigenvalue weighted by atomic mass is 9.81. The average molecular weight is 301 g/mol. The minimum Gasteiger partial charge on any atom is -0.496 e. The van der Waals surface area contributed by atoms with E-state index < -0.39 is 0 Å². The summed E-state index contributed by atoms with van der Waals surface area (Å²) < 4.78 is 6.32. The molecule has 0 bridgehead atoms. The van der Waals surface area contributed by atoms with Gasteiger partial charge < -0.3 is 9.84 Å². The molecule has 0 spiro atoms. The Labute approximate surface area is 112 Å². The summed E-state index contributed by atoms with van der Waals surface area (Å²) in [6.07, 6.45) is 1.20. The van der Waals surface area contributed by atoms with Crippen LogP contribution in [0.4, 0.5) is 0 Å². The van der Waals surface area contributed by atoms with Crippen LogP contribution in [0.2, 0.25) is 0 Å². The van der Waals surface area contributed by atoms with Crippen molar-refractivity contribution in [2.24, 2.45) is 5.41 Å². The van der Waals surface area contributed by atoms with Crippen LogP contribution in [0.15, 0.2) is 22.7 Å². The molecule has 0 heterocycles. The highest BCUT2D eigenvalue weighted by molar-refractivity contribution is 9.10. The van der Waals surface area contributed by atoms with Crippen LogP contribution in [0.5, 0.6) is 5.75 Å². The predicted molar refractivity (Wildman–Crippen MR) is 74.5 cm³/mol. The predicted octanol–water partition coefficient (Wildman–Crippen LogP) is 3.80. The van der Waals surface area contributed by atoms with Crippen LogP contribution >= 0.6 is 15.9 Å². The Morgan fingerprint density at radius 3 is 2.59 bits per heavy atom. The van der Waals surface area contributed by atoms with Crippen LogP contribution in [0, 0.1) is 5.41 Å². The zero-order valence-corrected chi connectivity index (χ0v) is 12.5. The average Bonchev–Trinajstić information content (AvgIpc) is 2.29. The lowest BCUT2D eigenvalue weighted by Gasteiger charge is -2.29. The maximum Gasteiger partial charge on any atom is 0.122 e. The molecule has 0 amide bonds. The van der Waals surface area contributed by atoms with Crippen molar-refractivity contribution in [2.45, 2.75) is 39.7 Å². The van der Waals surface area contributed by atoms with Crippen molar-refractivity contribution >= 4 is 15.9 Å². The zero-order valence-electron chi connectivity index (χ0n) is 11.0. The fourth-order valence-corrected chi connectivity index (χ4v) is 2.04. The minimum atomic E-state index is -0.365. The van der Waals surface area contributed by atoms with Crippen LogP contribution in [0.1, 0.15) is 32.8 Å². The molecule has 1 atom stereocenters. The van der Waals surface area contributed by atoms with Crippen molar-refractivity contribution in [3.63, 3.8) is 0 Å². The van der Waals surface area contributed by atoms with Gasteiger partial charge in [-0.05, 0) is 35.6 Å². The summed E-state index contributed by atoms with van der Waals surface area (Å²) in [6, 6.07) is 5.87. The van der Waals surface area contributed by atoms with Gasteiger partial charge in [0.15, 0.2) is 0 Å². The van der Waals surface area contributed by atoms with Gasteiger partial charge in [-0.15, -0.1) is 0 Å². The van der Waals surface area contributed by atoms with E-state index in [4.69, 9.17) is 4.74 Å². The number of aliphatic hydroxyl groups is 1. The third-order valence-corrected chi connectivity index (χ3v) is 3.96. The summed E-state index contributed by atoms with van der Waals surface area (Å²) >= 11 is 3.45. The van der Waals surface area contributed by atoms with E-state index >= 15 is 0 Å². The first kappa shape index (κ1) is 14.5. The number of hydrogen-bond acceptors (Lipinski definition) is 2. The molecule has 0 aliphatic rings. The van der Waals surface area contributed by atoms with Gasteiger partial charge >= 0.3 is 0 Å². The topological polar surface area (TPSA) is 29.5 Å². The first-order chi connectivity index (χ1) is 7.90. The van der Waals surface area contributed by atoms with Gasteiger partial charge in [0.05, 0.1) is 13.2 Å². The van der Waals surface area contributed by atoms with Crippen LogP contribution in [0.3, 0.4) is 0 Å². The standard InChI is InChI=1S/C14H21BrO2/c1-5-14(2,3)13(16)9-10-8-11(15)6-7-12(10)17-4/h6-8,13,16H,5,9H2,1-4H3. The molecule has 0 radical (unpaired) electrons. The highest BCUT2D eigenvalue weighted by atomic mass is 79.9. The molecule has 17 heavy (non-hydrogen) atoms. The van der Waals surface area contributed by atoms with Gasteiger partial charge in [-0.25, -0.2) is 0 Å². The summed E-state index contributed by atoms with van der Waals surface area (Å²) in [5, 5.41) is 10.3. The fourth-order valence-electron chi connectivity index (χ4n) is 1.63. The van der Waals surface area contributed by atoms with E-state index in [2.05, 4.69) is 36.7 Å². The smallest absolute Gasteiger partial charge is 0.122 e. The third-order valence-electron chi connectivity index (χ3n) is 3.47. The van der Waals surface area contributed by atoms with E-state index in [1.807, 2.05) is 18.2 Å². The van der Waals surface area contributed by atoms with E-state index in [0.717, 1.165) is 22.2 Å². The van der Waals surface area contributed by atoms with E-state index in [1.54, 1.807) is 7.11 Å². The highest BCUT2D eigenvalue weighted by Gasteiger charge is 2.26. The molecule has 0 fully saturated rings. The van der Waals surface area contributed by atoms with Gasteiger partial charge in [0.2, 0.25) is 0 Å². The largest absolute Gasteiger partial charge is 0.496 e. The van der Waals surface area contributed by atoms with E-state index in [0.29, 0.717) is 6.42 Å². The maximum atomic E-state index is 10.3. The van der Waals surface area contributed by atoms with Crippen LogP contribution in [-0.2, 0) is 6.42 Å². The maximum absolute atomic E-state index is 10.3. The Morgan fingerprint density at radius 1 is 1.41 bits per heavy atom. The molecule has 0 saturated heterocycles. The second kappa shape index (κ2) is 5.87. The summed E-state index contributed by atoms with van der Waals surface area (Å²) in [5.41, 5.74) is 0.962. The fraction of sp³-hybridized carbons (Fsp3) is 0.571. The van der Waals surface area contributed by atoms with Gasteiger partial charge in [-0.2, -0.15) is 0 Å². The minimum absolute atomic E-state index is 0.0761. The Morgan fingerprint density at radius 2 is 2.06 bits per heavy atom. The lowest BCUT2D eigenvalue weighted by Crippen LogP contribution is -2.30. The SMILES string of the molecule is CCC(C)(C)C(O)Cc1cc(Br)ccc1OC. The van der Waals surface area contributed by atoms with Gasteiger partial charge in [0, 0.05) is 10.9 Å². The molecule has 1 aromatic carbocycles. The second-order valence-electron chi connectivity index (χ2n) is 5.02. The van der Waals surface area contributed by atoms with Crippen molar-refractivity contribution in [3.05, 3.63) is 28.2 Å². The molecular formula is C14H21BrO2. The first-order valence-electron chi connectivity index (χ1n) is 5.91. The number of aliphatic hydroxyl groups excluding tert-OH is 1. The zero-order chi connectivity index (χ0) is 13.1. The molecule has 0 aliphatic carbocycles. The summed E-state index contributed by atoms with van der Waals surface area (Å²) in [6.45, 7) is 6.27. The van der Waals surface area contributed by atoms with Crippen LogP contribution in [0.25, 0.3) is 0 Å². The summed E-state index contributed by atoms with van der Waals surface area (Å²) in [4.78, 5) is 0. The quantitative estimate of drug-likeness (QED) is 0.896. The molecular weight excluding hydrogens is 280 g/mol. The monoisotopic (exact) mass is 300 g/mol. The number of rotatable bonds is 5. The number of methoxy groups -OCH3 is 1. The van der Waals surface area contributed by atoms with Crippen molar-refractivity contribution in [1.82, 2.24) is 0 Å². The lowest BCUT2D eigenvalue weighted by molar-refractivity contribution is 0.0475. The Bertz CT molecular complexity index is 374. The molecule has 0 saturated carbocycles. The molecule has 1 unspecified atom stereocenters. The van der Waals surface area contributed by atoms with E-state index in [9.17, 15) is 5.11 Å². The van der Waals surface area contributed by atoms with Gasteiger partial charge in [-0.1, -0.05) is 36.7 Å². The molecule has 2 nitrogen and oxygen atoms in total. The Hall–Kier alpha value is -0.540. The van der Waals surface area contributed by atoms with Crippen LogP contribution in [-0.4, -0.2) is 18.3 Å². The number of halogens is 1. The molecule has 1 aromatic rings. The molecule has 0 aromatic heterocycles. The van der Waals surface area contributed by atoms with E-state index in [1.165, 1.54) is 0 Å². The third kappa shape index (κ3) is 3.71. The summed E-state index contributed by atoms with van der Waals surface area (Å²) in [5.74, 6) is 0.833. The molecule has 1 rings (SSSR count). The molecule has 96 valence electrons. The normalized spacial score (nSPS) is 13.5. The number of ether oxygens (including phenoxy) is 1. The number of hydrogen-bond donors (Lipinski definition) is 1. The molecule has 3 heteroatoms. The van der Waals surface area contributed by atoms with Crippen LogP contribution < -0.4 is 4.74 Å². The van der Waals surface area contributed by atoms with Crippen molar-refractivity contribution < 1.29 is 9.84 Å². The second-order valence-corrected chi connectivity index (χ2v) is 5.93. The van der Waals surface area contributed by atoms with Gasteiger partial charge in [0.25, 0.3) is 0 Å². The molecule has 0 aliphatic heterocycles. The Balaban J connectivity index is 2.91.